The lowest BCUT2D eigenvalue weighted by Gasteiger charge is -2.22. The molecule has 1 aromatic carbocycles. The van der Waals surface area contributed by atoms with Crippen LogP contribution in [0.4, 0.5) is 11.4 Å². The second-order valence-electron chi connectivity index (χ2n) is 4.68. The molecule has 0 saturated heterocycles. The van der Waals surface area contributed by atoms with Crippen molar-refractivity contribution in [2.45, 2.75) is 26.7 Å². The molecule has 0 radical (unpaired) electrons. The minimum absolute atomic E-state index is 0.0734. The molecule has 0 fully saturated rings. The topological polar surface area (TPSA) is 46.3 Å². The number of nitrogens with zero attached hydrogens (tertiary/aromatic N) is 1. The van der Waals surface area contributed by atoms with E-state index in [1.165, 1.54) is 11.3 Å². The van der Waals surface area contributed by atoms with E-state index >= 15 is 0 Å². The largest absolute Gasteiger partial charge is 0.399 e. The second-order valence-corrected chi connectivity index (χ2v) is 5.60. The molecule has 20 heavy (non-hydrogen) atoms. The molecular weight excluding hydrogens is 268 g/mol. The minimum Gasteiger partial charge on any atom is -0.399 e. The molecule has 0 aliphatic carbocycles. The molecule has 0 unspecified atom stereocenters. The van der Waals surface area contributed by atoms with Gasteiger partial charge >= 0.3 is 0 Å². The summed E-state index contributed by atoms with van der Waals surface area (Å²) in [6.45, 7) is 4.84. The van der Waals surface area contributed by atoms with Gasteiger partial charge in [-0.2, -0.15) is 0 Å². The Morgan fingerprint density at radius 1 is 1.30 bits per heavy atom. The fraction of sp³-hybridized carbons (Fsp3) is 0.312. The average Bonchev–Trinajstić information content (AvgIpc) is 2.92. The number of hydrogen-bond donors (Lipinski definition) is 1. The van der Waals surface area contributed by atoms with Crippen molar-refractivity contribution in [3.8, 4) is 0 Å². The van der Waals surface area contributed by atoms with Gasteiger partial charge < -0.3 is 10.6 Å². The number of nitrogens with two attached hydrogens (primary N) is 1. The van der Waals surface area contributed by atoms with Crippen LogP contribution in [0.25, 0.3) is 0 Å². The van der Waals surface area contributed by atoms with Crippen LogP contribution in [0.15, 0.2) is 35.7 Å². The molecule has 4 heteroatoms. The van der Waals surface area contributed by atoms with Crippen LogP contribution in [0.1, 0.15) is 35.5 Å². The number of amides is 1. The molecule has 2 N–H and O–H groups in total. The maximum Gasteiger partial charge on any atom is 0.268 e. The number of nitrogen functional groups attached to an aromatic ring is 1. The fourth-order valence-corrected chi connectivity index (χ4v) is 3.13. The zero-order chi connectivity index (χ0) is 14.5. The summed E-state index contributed by atoms with van der Waals surface area (Å²) in [5.74, 6) is 0.0734. The number of rotatable bonds is 5. The molecule has 0 bridgehead atoms. The quantitative estimate of drug-likeness (QED) is 0.847. The summed E-state index contributed by atoms with van der Waals surface area (Å²) >= 11 is 1.51. The van der Waals surface area contributed by atoms with Crippen LogP contribution >= 0.6 is 11.3 Å². The molecule has 106 valence electrons. The third-order valence-corrected chi connectivity index (χ3v) is 4.14. The van der Waals surface area contributed by atoms with Crippen molar-refractivity contribution in [1.29, 1.82) is 0 Å². The maximum absolute atomic E-state index is 12.8. The summed E-state index contributed by atoms with van der Waals surface area (Å²) in [6, 6.07) is 9.54. The summed E-state index contributed by atoms with van der Waals surface area (Å²) in [7, 11) is 0. The highest BCUT2D eigenvalue weighted by atomic mass is 32.1. The molecule has 1 heterocycles. The third kappa shape index (κ3) is 3.02. The van der Waals surface area contributed by atoms with Crippen molar-refractivity contribution in [2.75, 3.05) is 17.2 Å². The van der Waals surface area contributed by atoms with Gasteiger partial charge in [0.1, 0.15) is 0 Å². The van der Waals surface area contributed by atoms with Gasteiger partial charge in [-0.1, -0.05) is 19.9 Å². The highest BCUT2D eigenvalue weighted by Gasteiger charge is 2.20. The molecule has 2 aromatic rings. The number of carbonyl (C=O) groups is 1. The Labute approximate surface area is 124 Å². The maximum atomic E-state index is 12.8. The number of anilines is 2. The van der Waals surface area contributed by atoms with E-state index in [1.54, 1.807) is 0 Å². The Balaban J connectivity index is 2.36. The van der Waals surface area contributed by atoms with Crippen molar-refractivity contribution in [2.24, 2.45) is 0 Å². The molecule has 0 aliphatic heterocycles. The monoisotopic (exact) mass is 288 g/mol. The van der Waals surface area contributed by atoms with Crippen molar-refractivity contribution in [1.82, 2.24) is 0 Å². The highest BCUT2D eigenvalue weighted by molar-refractivity contribution is 7.12. The SMILES string of the molecule is CCCN(C(=O)c1sccc1CC)c1cccc(N)c1. The first-order chi connectivity index (χ1) is 9.67. The van der Waals surface area contributed by atoms with E-state index in [2.05, 4.69) is 13.8 Å². The number of thiophene rings is 1. The molecule has 3 nitrogen and oxygen atoms in total. The van der Waals surface area contributed by atoms with E-state index in [9.17, 15) is 4.79 Å². The van der Waals surface area contributed by atoms with Crippen molar-refractivity contribution < 1.29 is 4.79 Å². The minimum atomic E-state index is 0.0734. The van der Waals surface area contributed by atoms with Crippen molar-refractivity contribution in [3.05, 3.63) is 46.2 Å². The predicted molar refractivity (Wildman–Crippen MR) is 86.5 cm³/mol. The van der Waals surface area contributed by atoms with Gasteiger partial charge in [-0.05, 0) is 48.1 Å². The van der Waals surface area contributed by atoms with E-state index in [1.807, 2.05) is 40.6 Å². The summed E-state index contributed by atoms with van der Waals surface area (Å²) in [4.78, 5) is 15.4. The summed E-state index contributed by atoms with van der Waals surface area (Å²) < 4.78 is 0. The van der Waals surface area contributed by atoms with Gasteiger partial charge in [0.2, 0.25) is 0 Å². The highest BCUT2D eigenvalue weighted by Crippen LogP contribution is 2.25. The van der Waals surface area contributed by atoms with Crippen LogP contribution in [0.2, 0.25) is 0 Å². The summed E-state index contributed by atoms with van der Waals surface area (Å²) in [5.41, 5.74) is 8.49. The number of carbonyl (C=O) groups excluding carboxylic acids is 1. The average molecular weight is 288 g/mol. The molecule has 0 saturated carbocycles. The summed E-state index contributed by atoms with van der Waals surface area (Å²) in [6.07, 6.45) is 1.79. The lowest BCUT2D eigenvalue weighted by molar-refractivity contribution is 0.0990. The Bertz CT molecular complexity index is 592. The van der Waals surface area contributed by atoms with Gasteiger partial charge in [0.15, 0.2) is 0 Å². The van der Waals surface area contributed by atoms with Crippen LogP contribution < -0.4 is 10.6 Å². The van der Waals surface area contributed by atoms with Gasteiger partial charge in [-0.25, -0.2) is 0 Å². The van der Waals surface area contributed by atoms with Gasteiger partial charge in [-0.3, -0.25) is 4.79 Å². The van der Waals surface area contributed by atoms with E-state index in [-0.39, 0.29) is 5.91 Å². The lowest BCUT2D eigenvalue weighted by Crippen LogP contribution is -2.31. The van der Waals surface area contributed by atoms with Gasteiger partial charge in [-0.15, -0.1) is 11.3 Å². The Kier molecular flexibility index (Phi) is 4.79. The smallest absolute Gasteiger partial charge is 0.268 e. The number of aryl methyl sites for hydroxylation is 1. The van der Waals surface area contributed by atoms with Gasteiger partial charge in [0.05, 0.1) is 4.88 Å². The molecular formula is C16H20N2OS. The first-order valence-electron chi connectivity index (χ1n) is 6.91. The molecule has 0 spiro atoms. The van der Waals surface area contributed by atoms with Crippen LogP contribution in [0, 0.1) is 0 Å². The van der Waals surface area contributed by atoms with Crippen LogP contribution in [-0.4, -0.2) is 12.5 Å². The van der Waals surface area contributed by atoms with E-state index in [4.69, 9.17) is 5.73 Å². The lowest BCUT2D eigenvalue weighted by atomic mass is 10.1. The zero-order valence-electron chi connectivity index (χ0n) is 11.9. The van der Waals surface area contributed by atoms with Crippen molar-refractivity contribution in [3.63, 3.8) is 0 Å². The molecule has 1 amide bonds. The molecule has 1 aromatic heterocycles. The van der Waals surface area contributed by atoms with E-state index in [0.717, 1.165) is 29.0 Å². The second kappa shape index (κ2) is 6.57. The normalized spacial score (nSPS) is 10.5. The zero-order valence-corrected chi connectivity index (χ0v) is 12.7. The van der Waals surface area contributed by atoms with Crippen LogP contribution in [-0.2, 0) is 6.42 Å². The van der Waals surface area contributed by atoms with E-state index < -0.39 is 0 Å². The summed E-state index contributed by atoms with van der Waals surface area (Å²) in [5, 5.41) is 1.98. The first kappa shape index (κ1) is 14.6. The Morgan fingerprint density at radius 2 is 2.10 bits per heavy atom. The molecule has 0 atom stereocenters. The molecule has 0 aliphatic rings. The number of hydrogen-bond acceptors (Lipinski definition) is 3. The Hall–Kier alpha value is -1.81. The first-order valence-corrected chi connectivity index (χ1v) is 7.79. The Morgan fingerprint density at radius 3 is 2.75 bits per heavy atom. The predicted octanol–water partition coefficient (Wildman–Crippen LogP) is 3.95. The van der Waals surface area contributed by atoms with Crippen LogP contribution in [0.5, 0.6) is 0 Å². The third-order valence-electron chi connectivity index (χ3n) is 3.20. The van der Waals surface area contributed by atoms with Gasteiger partial charge in [0.25, 0.3) is 5.91 Å². The van der Waals surface area contributed by atoms with Crippen molar-refractivity contribution >= 4 is 28.6 Å². The fourth-order valence-electron chi connectivity index (χ4n) is 2.19. The number of benzene rings is 1. The molecule has 2 rings (SSSR count). The van der Waals surface area contributed by atoms with Gasteiger partial charge in [0, 0.05) is 17.9 Å². The van der Waals surface area contributed by atoms with E-state index in [0.29, 0.717) is 12.2 Å². The standard InChI is InChI=1S/C16H20N2OS/c1-3-9-18(14-7-5-6-13(17)11-14)16(19)15-12(4-2)8-10-20-15/h5-8,10-11H,3-4,9,17H2,1-2H3. The van der Waals surface area contributed by atoms with Crippen LogP contribution in [0.3, 0.4) is 0 Å².